The van der Waals surface area contributed by atoms with Gasteiger partial charge in [-0.25, -0.2) is 18.2 Å². The molecule has 19 heavy (non-hydrogen) atoms. The van der Waals surface area contributed by atoms with Crippen LogP contribution in [0.25, 0.3) is 0 Å². The quantitative estimate of drug-likeness (QED) is 0.860. The minimum absolute atomic E-state index is 0.0596. The van der Waals surface area contributed by atoms with Crippen LogP contribution in [0.2, 0.25) is 0 Å². The fourth-order valence-corrected chi connectivity index (χ4v) is 1.86. The van der Waals surface area contributed by atoms with E-state index >= 15 is 0 Å². The molecule has 0 fully saturated rings. The fraction of sp³-hybridized carbons (Fsp3) is 0.333. The molecule has 1 aromatic heterocycles. The zero-order valence-electron chi connectivity index (χ0n) is 10.5. The zero-order chi connectivity index (χ0) is 14.0. The maximum absolute atomic E-state index is 13.7. The lowest BCUT2D eigenvalue weighted by Gasteiger charge is -2.17. The van der Waals surface area contributed by atoms with E-state index in [1.807, 2.05) is 0 Å². The van der Waals surface area contributed by atoms with Gasteiger partial charge in [0.05, 0.1) is 0 Å². The number of nitrogens with zero attached hydrogens (tertiary/aromatic N) is 3. The minimum atomic E-state index is -1.46. The molecule has 2 aromatic rings. The zero-order valence-corrected chi connectivity index (χ0v) is 10.5. The summed E-state index contributed by atoms with van der Waals surface area (Å²) in [6, 6.07) is 1.62. The summed E-state index contributed by atoms with van der Waals surface area (Å²) in [5.41, 5.74) is 0.0596. The van der Waals surface area contributed by atoms with Crippen LogP contribution in [-0.2, 0) is 13.5 Å². The molecule has 0 saturated carbocycles. The Balaban J connectivity index is 2.33. The topological polar surface area (TPSA) is 42.7 Å². The second kappa shape index (κ2) is 5.40. The number of hydrogen-bond acceptors (Lipinski definition) is 3. The first-order valence-electron chi connectivity index (χ1n) is 5.68. The summed E-state index contributed by atoms with van der Waals surface area (Å²) < 4.78 is 41.4. The third-order valence-electron chi connectivity index (χ3n) is 2.98. The summed E-state index contributed by atoms with van der Waals surface area (Å²) in [4.78, 5) is 4.02. The van der Waals surface area contributed by atoms with Gasteiger partial charge in [0.25, 0.3) is 0 Å². The summed E-state index contributed by atoms with van der Waals surface area (Å²) in [6.45, 7) is 0. The summed E-state index contributed by atoms with van der Waals surface area (Å²) in [5, 5.41) is 6.76. The molecule has 1 unspecified atom stereocenters. The molecule has 0 radical (unpaired) electrons. The van der Waals surface area contributed by atoms with Gasteiger partial charge in [-0.3, -0.25) is 4.68 Å². The Kier molecular flexibility index (Phi) is 3.84. The van der Waals surface area contributed by atoms with Crippen molar-refractivity contribution in [1.82, 2.24) is 20.1 Å². The molecule has 0 aliphatic heterocycles. The maximum Gasteiger partial charge on any atom is 0.194 e. The lowest BCUT2D eigenvalue weighted by molar-refractivity contribution is 0.426. The Hall–Kier alpha value is -1.89. The Morgan fingerprint density at radius 2 is 2.00 bits per heavy atom. The van der Waals surface area contributed by atoms with Crippen LogP contribution in [0.4, 0.5) is 13.2 Å². The number of nitrogens with one attached hydrogen (secondary N) is 1. The van der Waals surface area contributed by atoms with Crippen molar-refractivity contribution >= 4 is 0 Å². The van der Waals surface area contributed by atoms with Crippen molar-refractivity contribution in [3.63, 3.8) is 0 Å². The van der Waals surface area contributed by atoms with Crippen LogP contribution in [0.1, 0.15) is 17.4 Å². The average Bonchev–Trinajstić information content (AvgIpc) is 2.80. The fourth-order valence-electron chi connectivity index (χ4n) is 1.86. The van der Waals surface area contributed by atoms with E-state index < -0.39 is 23.5 Å². The van der Waals surface area contributed by atoms with Gasteiger partial charge in [-0.15, -0.1) is 0 Å². The number of hydrogen-bond donors (Lipinski definition) is 1. The van der Waals surface area contributed by atoms with Gasteiger partial charge in [0.2, 0.25) is 0 Å². The molecule has 2 rings (SSSR count). The molecule has 0 aliphatic rings. The van der Waals surface area contributed by atoms with E-state index in [4.69, 9.17) is 0 Å². The van der Waals surface area contributed by atoms with Crippen molar-refractivity contribution in [3.8, 4) is 0 Å². The number of halogens is 3. The highest BCUT2D eigenvalue weighted by molar-refractivity contribution is 5.24. The van der Waals surface area contributed by atoms with Crippen molar-refractivity contribution < 1.29 is 13.2 Å². The second-order valence-electron chi connectivity index (χ2n) is 4.11. The first-order chi connectivity index (χ1) is 9.04. The van der Waals surface area contributed by atoms with E-state index in [0.29, 0.717) is 12.2 Å². The first kappa shape index (κ1) is 13.5. The standard InChI is InChI=1S/C12H13F3N4/c1-16-9(5-10-17-6-18-19(10)2)7-3-4-8(13)12(15)11(7)14/h3-4,6,9,16H,5H2,1-2H3. The molecule has 0 amide bonds. The summed E-state index contributed by atoms with van der Waals surface area (Å²) in [7, 11) is 3.32. The highest BCUT2D eigenvalue weighted by Gasteiger charge is 2.21. The van der Waals surface area contributed by atoms with E-state index in [-0.39, 0.29) is 5.56 Å². The first-order valence-corrected chi connectivity index (χ1v) is 5.68. The SMILES string of the molecule is CNC(Cc1ncnn1C)c1ccc(F)c(F)c1F. The highest BCUT2D eigenvalue weighted by Crippen LogP contribution is 2.23. The molecule has 0 saturated heterocycles. The van der Waals surface area contributed by atoms with Crippen LogP contribution >= 0.6 is 0 Å². The molecule has 102 valence electrons. The van der Waals surface area contributed by atoms with Crippen molar-refractivity contribution in [2.75, 3.05) is 7.05 Å². The lowest BCUT2D eigenvalue weighted by atomic mass is 10.0. The summed E-state index contributed by atoms with van der Waals surface area (Å²) in [5.74, 6) is -3.23. The number of likely N-dealkylation sites (N-methyl/N-ethyl adjacent to an activating group) is 1. The monoisotopic (exact) mass is 270 g/mol. The van der Waals surface area contributed by atoms with Gasteiger partial charge in [-0.1, -0.05) is 6.07 Å². The normalized spacial score (nSPS) is 12.7. The Morgan fingerprint density at radius 1 is 1.26 bits per heavy atom. The van der Waals surface area contributed by atoms with Crippen molar-refractivity contribution in [2.45, 2.75) is 12.5 Å². The Morgan fingerprint density at radius 3 is 2.58 bits per heavy atom. The van der Waals surface area contributed by atoms with Gasteiger partial charge in [0.15, 0.2) is 17.5 Å². The number of benzene rings is 1. The largest absolute Gasteiger partial charge is 0.313 e. The van der Waals surface area contributed by atoms with Gasteiger partial charge >= 0.3 is 0 Å². The van der Waals surface area contributed by atoms with E-state index in [0.717, 1.165) is 6.07 Å². The third-order valence-corrected chi connectivity index (χ3v) is 2.98. The van der Waals surface area contributed by atoms with Gasteiger partial charge in [0, 0.05) is 25.1 Å². The number of aromatic nitrogens is 3. The minimum Gasteiger partial charge on any atom is -0.313 e. The van der Waals surface area contributed by atoms with Crippen LogP contribution in [0.15, 0.2) is 18.5 Å². The van der Waals surface area contributed by atoms with Crippen LogP contribution < -0.4 is 5.32 Å². The molecule has 0 bridgehead atoms. The van der Waals surface area contributed by atoms with Gasteiger partial charge in [0.1, 0.15) is 12.2 Å². The predicted molar refractivity (Wildman–Crippen MR) is 62.8 cm³/mol. The van der Waals surface area contributed by atoms with Crippen LogP contribution in [-0.4, -0.2) is 21.8 Å². The smallest absolute Gasteiger partial charge is 0.194 e. The molecule has 0 aliphatic carbocycles. The molecule has 1 N–H and O–H groups in total. The van der Waals surface area contributed by atoms with Gasteiger partial charge in [-0.2, -0.15) is 5.10 Å². The number of aryl methyl sites for hydroxylation is 1. The maximum atomic E-state index is 13.7. The number of rotatable bonds is 4. The molecule has 1 aromatic carbocycles. The van der Waals surface area contributed by atoms with Crippen LogP contribution in [0.5, 0.6) is 0 Å². The highest BCUT2D eigenvalue weighted by atomic mass is 19.2. The molecule has 7 heteroatoms. The lowest BCUT2D eigenvalue weighted by Crippen LogP contribution is -2.22. The van der Waals surface area contributed by atoms with Crippen molar-refractivity contribution in [2.24, 2.45) is 7.05 Å². The molecular weight excluding hydrogens is 257 g/mol. The Bertz CT molecular complexity index is 582. The average molecular weight is 270 g/mol. The van der Waals surface area contributed by atoms with Crippen molar-refractivity contribution in [1.29, 1.82) is 0 Å². The second-order valence-corrected chi connectivity index (χ2v) is 4.11. The van der Waals surface area contributed by atoms with Gasteiger partial charge < -0.3 is 5.32 Å². The molecular formula is C12H13F3N4. The Labute approximate surface area is 108 Å². The summed E-state index contributed by atoms with van der Waals surface area (Å²) in [6.07, 6.45) is 1.69. The van der Waals surface area contributed by atoms with Gasteiger partial charge in [-0.05, 0) is 13.1 Å². The van der Waals surface area contributed by atoms with E-state index in [2.05, 4.69) is 15.4 Å². The van der Waals surface area contributed by atoms with Crippen LogP contribution in [0, 0.1) is 17.5 Å². The van der Waals surface area contributed by atoms with E-state index in [1.165, 1.54) is 12.4 Å². The van der Waals surface area contributed by atoms with Crippen molar-refractivity contribution in [3.05, 3.63) is 47.3 Å². The molecule has 4 nitrogen and oxygen atoms in total. The van der Waals surface area contributed by atoms with E-state index in [1.54, 1.807) is 18.8 Å². The summed E-state index contributed by atoms with van der Waals surface area (Å²) >= 11 is 0. The molecule has 0 spiro atoms. The van der Waals surface area contributed by atoms with Crippen LogP contribution in [0.3, 0.4) is 0 Å². The molecule has 1 atom stereocenters. The predicted octanol–water partition coefficient (Wildman–Crippen LogP) is 1.74. The third kappa shape index (κ3) is 2.60. The van der Waals surface area contributed by atoms with E-state index in [9.17, 15) is 13.2 Å². The molecule has 1 heterocycles.